The van der Waals surface area contributed by atoms with Gasteiger partial charge in [0.2, 0.25) is 0 Å². The lowest BCUT2D eigenvalue weighted by atomic mass is 10.1. The van der Waals surface area contributed by atoms with E-state index in [4.69, 9.17) is 0 Å². The molecular weight excluding hydrogens is 192 g/mol. The second-order valence-electron chi connectivity index (χ2n) is 4.52. The van der Waals surface area contributed by atoms with E-state index in [2.05, 4.69) is 38.2 Å². The van der Waals surface area contributed by atoms with Crippen molar-refractivity contribution in [1.82, 2.24) is 0 Å². The molecule has 0 amide bonds. The maximum Gasteiger partial charge on any atom is -0.0169 e. The first-order valence-electron chi connectivity index (χ1n) is 7.21. The molecule has 0 aromatic carbocycles. The normalized spacial score (nSPS) is 11.9. The van der Waals surface area contributed by atoms with Gasteiger partial charge in [-0.15, -0.1) is 0 Å². The van der Waals surface area contributed by atoms with Gasteiger partial charge in [0.05, 0.1) is 0 Å². The summed E-state index contributed by atoms with van der Waals surface area (Å²) >= 11 is 0. The molecule has 0 bridgehead atoms. The van der Waals surface area contributed by atoms with E-state index in [-0.39, 0.29) is 0 Å². The number of allylic oxidation sites excluding steroid dienone is 4. The van der Waals surface area contributed by atoms with Gasteiger partial charge in [0.25, 0.3) is 0 Å². The lowest BCUT2D eigenvalue weighted by Gasteiger charge is -1.93. The van der Waals surface area contributed by atoms with Crippen LogP contribution in [0.1, 0.15) is 78.1 Å². The summed E-state index contributed by atoms with van der Waals surface area (Å²) in [7, 11) is 0. The highest BCUT2D eigenvalue weighted by Crippen LogP contribution is 2.04. The highest BCUT2D eigenvalue weighted by atomic mass is 13.9. The molecule has 0 aromatic heterocycles. The highest BCUT2D eigenvalue weighted by molar-refractivity contribution is 4.92. The third kappa shape index (κ3) is 13.5. The SMILES string of the molecule is CCCCCC=CCC=CCCCCCC. The van der Waals surface area contributed by atoms with Crippen LogP contribution in [0.4, 0.5) is 0 Å². The lowest BCUT2D eigenvalue weighted by molar-refractivity contribution is 0.674. The first kappa shape index (κ1) is 15.5. The quantitative estimate of drug-likeness (QED) is 0.295. The minimum Gasteiger partial charge on any atom is -0.0882 e. The fourth-order valence-electron chi connectivity index (χ4n) is 1.71. The van der Waals surface area contributed by atoms with Crippen LogP contribution < -0.4 is 0 Å². The number of hydrogen-bond donors (Lipinski definition) is 0. The van der Waals surface area contributed by atoms with E-state index in [0.717, 1.165) is 6.42 Å². The van der Waals surface area contributed by atoms with Crippen LogP contribution >= 0.6 is 0 Å². The second-order valence-corrected chi connectivity index (χ2v) is 4.52. The molecule has 0 aliphatic carbocycles. The Balaban J connectivity index is 3.14. The van der Waals surface area contributed by atoms with E-state index in [9.17, 15) is 0 Å². The average Bonchev–Trinajstić information content (AvgIpc) is 2.31. The molecule has 16 heavy (non-hydrogen) atoms. The van der Waals surface area contributed by atoms with E-state index < -0.39 is 0 Å². The zero-order valence-electron chi connectivity index (χ0n) is 11.4. The van der Waals surface area contributed by atoms with Gasteiger partial charge < -0.3 is 0 Å². The Morgan fingerprint density at radius 2 is 1.06 bits per heavy atom. The van der Waals surface area contributed by atoms with Crippen LogP contribution in [-0.2, 0) is 0 Å². The van der Waals surface area contributed by atoms with Crippen molar-refractivity contribution in [3.05, 3.63) is 24.3 Å². The Morgan fingerprint density at radius 1 is 0.562 bits per heavy atom. The van der Waals surface area contributed by atoms with Crippen LogP contribution in [0.3, 0.4) is 0 Å². The molecule has 0 fully saturated rings. The van der Waals surface area contributed by atoms with E-state index in [0.29, 0.717) is 0 Å². The van der Waals surface area contributed by atoms with Crippen molar-refractivity contribution >= 4 is 0 Å². The van der Waals surface area contributed by atoms with Gasteiger partial charge in [-0.25, -0.2) is 0 Å². The van der Waals surface area contributed by atoms with Crippen LogP contribution in [-0.4, -0.2) is 0 Å². The van der Waals surface area contributed by atoms with Gasteiger partial charge in [-0.05, 0) is 32.1 Å². The fourth-order valence-corrected chi connectivity index (χ4v) is 1.71. The van der Waals surface area contributed by atoms with E-state index in [1.165, 1.54) is 57.8 Å². The predicted octanol–water partition coefficient (Wildman–Crippen LogP) is 6.04. The van der Waals surface area contributed by atoms with Crippen LogP contribution in [0.15, 0.2) is 24.3 Å². The van der Waals surface area contributed by atoms with Crippen molar-refractivity contribution in [2.45, 2.75) is 78.1 Å². The van der Waals surface area contributed by atoms with Gasteiger partial charge in [0.15, 0.2) is 0 Å². The highest BCUT2D eigenvalue weighted by Gasteiger charge is 1.84. The molecule has 0 aliphatic rings. The Hall–Kier alpha value is -0.520. The second kappa shape index (κ2) is 14.5. The molecule has 0 unspecified atom stereocenters. The fraction of sp³-hybridized carbons (Fsp3) is 0.750. The van der Waals surface area contributed by atoms with Crippen molar-refractivity contribution in [2.75, 3.05) is 0 Å². The first-order valence-corrected chi connectivity index (χ1v) is 7.21. The minimum absolute atomic E-state index is 1.12. The van der Waals surface area contributed by atoms with Crippen LogP contribution in [0.5, 0.6) is 0 Å². The summed E-state index contributed by atoms with van der Waals surface area (Å²) in [6.45, 7) is 4.52. The Morgan fingerprint density at radius 3 is 1.62 bits per heavy atom. The van der Waals surface area contributed by atoms with Gasteiger partial charge in [0.1, 0.15) is 0 Å². The zero-order valence-corrected chi connectivity index (χ0v) is 11.4. The van der Waals surface area contributed by atoms with Crippen LogP contribution in [0, 0.1) is 0 Å². The summed E-state index contributed by atoms with van der Waals surface area (Å²) < 4.78 is 0. The van der Waals surface area contributed by atoms with Gasteiger partial charge in [0, 0.05) is 0 Å². The molecule has 0 saturated carbocycles. The maximum absolute atomic E-state index is 2.34. The monoisotopic (exact) mass is 222 g/mol. The molecular formula is C16H30. The molecule has 0 heterocycles. The number of unbranched alkanes of at least 4 members (excludes halogenated alkanes) is 7. The molecule has 0 spiro atoms. The summed E-state index contributed by atoms with van der Waals surface area (Å²) in [5.74, 6) is 0. The summed E-state index contributed by atoms with van der Waals surface area (Å²) in [5, 5.41) is 0. The van der Waals surface area contributed by atoms with E-state index in [1.54, 1.807) is 0 Å². The molecule has 0 aliphatic heterocycles. The Bertz CT molecular complexity index is 165. The molecule has 0 atom stereocenters. The minimum atomic E-state index is 1.12. The molecule has 0 rings (SSSR count). The first-order chi connectivity index (χ1) is 7.91. The third-order valence-electron chi connectivity index (χ3n) is 2.80. The van der Waals surface area contributed by atoms with Crippen LogP contribution in [0.2, 0.25) is 0 Å². The van der Waals surface area contributed by atoms with Gasteiger partial charge in [-0.3, -0.25) is 0 Å². The van der Waals surface area contributed by atoms with Gasteiger partial charge in [-0.2, -0.15) is 0 Å². The Kier molecular flexibility index (Phi) is 14.0. The molecule has 0 aromatic rings. The molecule has 0 nitrogen and oxygen atoms in total. The van der Waals surface area contributed by atoms with Crippen LogP contribution in [0.25, 0.3) is 0 Å². The largest absolute Gasteiger partial charge is 0.0882 e. The smallest absolute Gasteiger partial charge is 0.0169 e. The third-order valence-corrected chi connectivity index (χ3v) is 2.80. The molecule has 0 saturated heterocycles. The van der Waals surface area contributed by atoms with Crippen molar-refractivity contribution in [3.63, 3.8) is 0 Å². The molecule has 0 radical (unpaired) electrons. The molecule has 94 valence electrons. The maximum atomic E-state index is 2.34. The van der Waals surface area contributed by atoms with Gasteiger partial charge >= 0.3 is 0 Å². The standard InChI is InChI=1S/C16H30/c1-3-5-7-9-11-13-15-16-14-12-10-8-6-4-2/h11,13-14,16H,3-10,12,15H2,1-2H3. The number of hydrogen-bond acceptors (Lipinski definition) is 0. The van der Waals surface area contributed by atoms with E-state index in [1.807, 2.05) is 0 Å². The molecule has 0 N–H and O–H groups in total. The summed E-state index contributed by atoms with van der Waals surface area (Å²) in [6.07, 6.45) is 22.5. The van der Waals surface area contributed by atoms with Crippen molar-refractivity contribution in [2.24, 2.45) is 0 Å². The summed E-state index contributed by atoms with van der Waals surface area (Å²) in [6, 6.07) is 0. The average molecular weight is 222 g/mol. The van der Waals surface area contributed by atoms with Crippen molar-refractivity contribution < 1.29 is 0 Å². The summed E-state index contributed by atoms with van der Waals surface area (Å²) in [4.78, 5) is 0. The van der Waals surface area contributed by atoms with Gasteiger partial charge in [-0.1, -0.05) is 70.3 Å². The zero-order chi connectivity index (χ0) is 11.9. The number of rotatable bonds is 11. The Labute approximate surface area is 103 Å². The topological polar surface area (TPSA) is 0 Å². The molecule has 0 heteroatoms. The van der Waals surface area contributed by atoms with E-state index >= 15 is 0 Å². The van der Waals surface area contributed by atoms with Crippen molar-refractivity contribution in [3.8, 4) is 0 Å². The van der Waals surface area contributed by atoms with Crippen molar-refractivity contribution in [1.29, 1.82) is 0 Å². The summed E-state index contributed by atoms with van der Waals surface area (Å²) in [5.41, 5.74) is 0. The lowest BCUT2D eigenvalue weighted by Crippen LogP contribution is -1.73. The predicted molar refractivity (Wildman–Crippen MR) is 75.8 cm³/mol.